The first kappa shape index (κ1) is 33.2. The number of anilines is 1. The molecule has 228 valence electrons. The number of para-hydroxylation sites is 1. The second kappa shape index (κ2) is 14.7. The molecule has 3 amide bonds. The number of phenols is 1. The molecule has 9 nitrogen and oxygen atoms in total. The van der Waals surface area contributed by atoms with Crippen LogP contribution < -0.4 is 10.6 Å². The molecule has 2 unspecified atom stereocenters. The third-order valence-electron chi connectivity index (χ3n) is 6.48. The number of rotatable bonds is 11. The van der Waals surface area contributed by atoms with Crippen molar-refractivity contribution >= 4 is 41.3 Å². The van der Waals surface area contributed by atoms with E-state index in [4.69, 9.17) is 16.3 Å². The molecule has 0 aliphatic heterocycles. The number of carbonyl (C=O) groups excluding carboxylic acids is 3. The minimum atomic E-state index is -1.22. The zero-order valence-electron chi connectivity index (χ0n) is 24.8. The van der Waals surface area contributed by atoms with Gasteiger partial charge in [0.25, 0.3) is 5.91 Å². The summed E-state index contributed by atoms with van der Waals surface area (Å²) < 4.78 is 5.43. The lowest BCUT2D eigenvalue weighted by molar-refractivity contribution is -0.141. The van der Waals surface area contributed by atoms with E-state index in [0.29, 0.717) is 27.4 Å². The molecule has 10 heteroatoms. The van der Waals surface area contributed by atoms with E-state index in [-0.39, 0.29) is 18.7 Å². The molecule has 0 spiro atoms. The van der Waals surface area contributed by atoms with Gasteiger partial charge in [-0.15, -0.1) is 0 Å². The molecule has 3 aromatic rings. The zero-order chi connectivity index (χ0) is 31.7. The van der Waals surface area contributed by atoms with Crippen molar-refractivity contribution < 1.29 is 29.3 Å². The molecule has 0 bridgehead atoms. The minimum Gasteiger partial charge on any atom is -0.508 e. The van der Waals surface area contributed by atoms with Gasteiger partial charge < -0.3 is 30.5 Å². The Bertz CT molecular complexity index is 1430. The van der Waals surface area contributed by atoms with Crippen molar-refractivity contribution in [3.63, 3.8) is 0 Å². The monoisotopic (exact) mass is 607 g/mol. The van der Waals surface area contributed by atoms with Crippen LogP contribution in [0.3, 0.4) is 0 Å². The Kier molecular flexibility index (Phi) is 11.3. The molecule has 4 N–H and O–H groups in total. The van der Waals surface area contributed by atoms with E-state index in [0.717, 1.165) is 5.56 Å². The lowest BCUT2D eigenvalue weighted by Crippen LogP contribution is -2.53. The Labute approximate surface area is 257 Å². The highest BCUT2D eigenvalue weighted by molar-refractivity contribution is 6.34. The number of aliphatic hydroxyl groups excluding tert-OH is 1. The topological polar surface area (TPSA) is 128 Å². The number of ether oxygens (including phenoxy) is 1. The van der Waals surface area contributed by atoms with Crippen LogP contribution in [0.25, 0.3) is 6.08 Å². The van der Waals surface area contributed by atoms with Crippen molar-refractivity contribution in [2.75, 3.05) is 18.5 Å². The largest absolute Gasteiger partial charge is 0.508 e. The van der Waals surface area contributed by atoms with Crippen LogP contribution in [-0.4, -0.2) is 57.8 Å². The van der Waals surface area contributed by atoms with Crippen LogP contribution in [0.15, 0.2) is 73.3 Å². The first-order valence-electron chi connectivity index (χ1n) is 13.8. The lowest BCUT2D eigenvalue weighted by atomic mass is 9.98. The Morgan fingerprint density at radius 1 is 1.07 bits per heavy atom. The number of carbonyl (C=O) groups is 3. The van der Waals surface area contributed by atoms with E-state index in [1.165, 1.54) is 17.0 Å². The zero-order valence-corrected chi connectivity index (χ0v) is 25.5. The summed E-state index contributed by atoms with van der Waals surface area (Å²) >= 11 is 6.41. The van der Waals surface area contributed by atoms with Crippen LogP contribution in [0.2, 0.25) is 5.02 Å². The van der Waals surface area contributed by atoms with Gasteiger partial charge in [0.1, 0.15) is 23.4 Å². The second-order valence-corrected chi connectivity index (χ2v) is 11.4. The predicted molar refractivity (Wildman–Crippen MR) is 168 cm³/mol. The smallest absolute Gasteiger partial charge is 0.408 e. The van der Waals surface area contributed by atoms with E-state index in [1.807, 2.05) is 0 Å². The van der Waals surface area contributed by atoms with Gasteiger partial charge in [-0.25, -0.2) is 4.79 Å². The Morgan fingerprint density at radius 2 is 1.74 bits per heavy atom. The van der Waals surface area contributed by atoms with Crippen LogP contribution in [0.5, 0.6) is 5.75 Å². The Balaban J connectivity index is 2.09. The van der Waals surface area contributed by atoms with Gasteiger partial charge >= 0.3 is 6.09 Å². The number of hydrogen-bond donors (Lipinski definition) is 4. The number of aromatic hydroxyl groups is 1. The number of halogens is 1. The fraction of sp³-hybridized carbons (Fsp3) is 0.303. The molecule has 0 fully saturated rings. The van der Waals surface area contributed by atoms with Crippen molar-refractivity contribution in [1.82, 2.24) is 10.2 Å². The molecular weight excluding hydrogens is 570 g/mol. The molecule has 2 atom stereocenters. The average molecular weight is 608 g/mol. The highest BCUT2D eigenvalue weighted by Crippen LogP contribution is 2.30. The van der Waals surface area contributed by atoms with Gasteiger partial charge in [-0.05, 0) is 74.2 Å². The summed E-state index contributed by atoms with van der Waals surface area (Å²) in [5, 5.41) is 25.6. The number of alkyl carbamates (subject to hydrolysis) is 1. The van der Waals surface area contributed by atoms with Crippen molar-refractivity contribution in [3.8, 4) is 5.75 Å². The third-order valence-corrected chi connectivity index (χ3v) is 6.80. The maximum atomic E-state index is 14.3. The first-order chi connectivity index (χ1) is 20.3. The van der Waals surface area contributed by atoms with Crippen LogP contribution in [0.1, 0.15) is 49.1 Å². The quantitative estimate of drug-likeness (QED) is 0.224. The van der Waals surface area contributed by atoms with E-state index in [9.17, 15) is 24.6 Å². The molecular formula is C33H38ClN3O6. The number of nitrogens with one attached hydrogen (secondary N) is 2. The molecule has 43 heavy (non-hydrogen) atoms. The van der Waals surface area contributed by atoms with E-state index >= 15 is 0 Å². The predicted octanol–water partition coefficient (Wildman–Crippen LogP) is 5.63. The molecule has 3 rings (SSSR count). The molecule has 0 radical (unpaired) electrons. The normalized spacial score (nSPS) is 12.5. The summed E-state index contributed by atoms with van der Waals surface area (Å²) in [5.74, 6) is -1.16. The highest BCUT2D eigenvalue weighted by atomic mass is 35.5. The van der Waals surface area contributed by atoms with Crippen molar-refractivity contribution in [1.29, 1.82) is 0 Å². The average Bonchev–Trinajstić information content (AvgIpc) is 2.94. The number of benzene rings is 3. The van der Waals surface area contributed by atoms with Crippen molar-refractivity contribution in [3.05, 3.63) is 101 Å². The maximum absolute atomic E-state index is 14.3. The Morgan fingerprint density at radius 3 is 2.35 bits per heavy atom. The molecule has 0 saturated heterocycles. The maximum Gasteiger partial charge on any atom is 0.408 e. The van der Waals surface area contributed by atoms with Gasteiger partial charge in [-0.2, -0.15) is 0 Å². The third kappa shape index (κ3) is 9.33. The SMILES string of the molecule is C=Cc1cccc(C(C(=O)Nc2c(C)cccc2Cl)N(CCO)C(=O)C(Cc2ccc(O)cc2)NC(=O)OC(C)(C)C)c1. The lowest BCUT2D eigenvalue weighted by Gasteiger charge is -2.34. The van der Waals surface area contributed by atoms with Crippen molar-refractivity contribution in [2.24, 2.45) is 0 Å². The summed E-state index contributed by atoms with van der Waals surface area (Å²) in [4.78, 5) is 42.5. The minimum absolute atomic E-state index is 0.0188. The number of hydrogen-bond acceptors (Lipinski definition) is 6. The summed E-state index contributed by atoms with van der Waals surface area (Å²) in [5.41, 5.74) is 2.09. The molecule has 0 aliphatic rings. The fourth-order valence-corrected chi connectivity index (χ4v) is 4.77. The molecule has 0 heterocycles. The van der Waals surface area contributed by atoms with E-state index in [1.54, 1.807) is 88.4 Å². The van der Waals surface area contributed by atoms with Gasteiger partial charge in [-0.1, -0.05) is 66.7 Å². The summed E-state index contributed by atoms with van der Waals surface area (Å²) in [6, 6.07) is 16.0. The van der Waals surface area contributed by atoms with Crippen molar-refractivity contribution in [2.45, 2.75) is 51.8 Å². The van der Waals surface area contributed by atoms with Gasteiger partial charge in [0.2, 0.25) is 5.91 Å². The number of phenolic OH excluding ortho intramolecular Hbond substituents is 1. The van der Waals surface area contributed by atoms with Gasteiger partial charge in [0.05, 0.1) is 17.3 Å². The summed E-state index contributed by atoms with van der Waals surface area (Å²) in [7, 11) is 0. The number of nitrogens with zero attached hydrogens (tertiary/aromatic N) is 1. The molecule has 0 aliphatic carbocycles. The number of aliphatic hydroxyl groups is 1. The number of amides is 3. The van der Waals surface area contributed by atoms with Gasteiger partial charge in [0.15, 0.2) is 0 Å². The Hall–Kier alpha value is -4.34. The first-order valence-corrected chi connectivity index (χ1v) is 14.2. The van der Waals surface area contributed by atoms with Crippen LogP contribution >= 0.6 is 11.6 Å². The fourth-order valence-electron chi connectivity index (χ4n) is 4.50. The highest BCUT2D eigenvalue weighted by Gasteiger charge is 2.36. The van der Waals surface area contributed by atoms with Crippen LogP contribution in [0.4, 0.5) is 10.5 Å². The second-order valence-electron chi connectivity index (χ2n) is 11.0. The molecule has 3 aromatic carbocycles. The standard InChI is InChI=1S/C33H38ClN3O6/c1-6-22-10-8-11-24(19-22)29(30(40)36-28-21(2)9-7-12-26(28)34)37(17-18-38)31(41)27(35-32(42)43-33(3,4)5)20-23-13-15-25(39)16-14-23/h6-16,19,27,29,38-39H,1,17-18,20H2,2-5H3,(H,35,42)(H,36,40). The van der Waals surface area contributed by atoms with Crippen LogP contribution in [-0.2, 0) is 20.7 Å². The van der Waals surface area contributed by atoms with E-state index in [2.05, 4.69) is 17.2 Å². The molecule has 0 aromatic heterocycles. The summed E-state index contributed by atoms with van der Waals surface area (Å²) in [6.45, 7) is 10.0. The van der Waals surface area contributed by atoms with Gasteiger partial charge in [0, 0.05) is 13.0 Å². The van der Waals surface area contributed by atoms with Gasteiger partial charge in [-0.3, -0.25) is 9.59 Å². The summed E-state index contributed by atoms with van der Waals surface area (Å²) in [6.07, 6.45) is 0.812. The van der Waals surface area contributed by atoms with E-state index < -0.39 is 42.2 Å². The molecule has 0 saturated carbocycles. The number of aryl methyl sites for hydroxylation is 1. The van der Waals surface area contributed by atoms with Crippen LogP contribution in [0, 0.1) is 6.92 Å².